The van der Waals surface area contributed by atoms with Gasteiger partial charge in [-0.15, -0.1) is 0 Å². The number of hydrogen-bond acceptors (Lipinski definition) is 2. The number of amides is 1. The minimum atomic E-state index is -0.521. The SMILES string of the molecule is CC(=O)C(=O)NCCc1ccc(Br)cc1. The lowest BCUT2D eigenvalue weighted by Crippen LogP contribution is -2.30. The van der Waals surface area contributed by atoms with E-state index in [1.165, 1.54) is 6.92 Å². The number of carbonyl (C=O) groups excluding carboxylic acids is 2. The van der Waals surface area contributed by atoms with Gasteiger partial charge in [0.05, 0.1) is 0 Å². The van der Waals surface area contributed by atoms with Gasteiger partial charge in [0.1, 0.15) is 0 Å². The summed E-state index contributed by atoms with van der Waals surface area (Å²) in [5.41, 5.74) is 1.13. The molecular weight excluding hydrogens is 258 g/mol. The molecule has 4 heteroatoms. The first-order chi connectivity index (χ1) is 7.09. The maximum Gasteiger partial charge on any atom is 0.287 e. The van der Waals surface area contributed by atoms with Crippen molar-refractivity contribution in [1.82, 2.24) is 5.32 Å². The number of halogens is 1. The van der Waals surface area contributed by atoms with Gasteiger partial charge < -0.3 is 5.32 Å². The van der Waals surface area contributed by atoms with Crippen LogP contribution in [0.5, 0.6) is 0 Å². The van der Waals surface area contributed by atoms with Crippen molar-refractivity contribution < 1.29 is 9.59 Å². The maximum atomic E-state index is 10.9. The first kappa shape index (κ1) is 11.9. The third kappa shape index (κ3) is 4.25. The van der Waals surface area contributed by atoms with E-state index >= 15 is 0 Å². The number of hydrogen-bond donors (Lipinski definition) is 1. The molecule has 0 atom stereocenters. The van der Waals surface area contributed by atoms with Gasteiger partial charge in [-0.1, -0.05) is 28.1 Å². The third-order valence-corrected chi connectivity index (χ3v) is 2.46. The first-order valence-electron chi connectivity index (χ1n) is 4.63. The lowest BCUT2D eigenvalue weighted by Gasteiger charge is -2.03. The molecule has 1 N–H and O–H groups in total. The molecular formula is C11H12BrNO2. The smallest absolute Gasteiger partial charge is 0.287 e. The van der Waals surface area contributed by atoms with E-state index in [-0.39, 0.29) is 0 Å². The molecule has 0 heterocycles. The summed E-state index contributed by atoms with van der Waals surface area (Å²) in [6.45, 7) is 1.75. The number of carbonyl (C=O) groups is 2. The van der Waals surface area contributed by atoms with Crippen molar-refractivity contribution in [3.05, 3.63) is 34.3 Å². The van der Waals surface area contributed by atoms with E-state index in [2.05, 4.69) is 21.2 Å². The monoisotopic (exact) mass is 269 g/mol. The Balaban J connectivity index is 2.35. The number of ketones is 1. The Hall–Kier alpha value is -1.16. The minimum Gasteiger partial charge on any atom is -0.349 e. The van der Waals surface area contributed by atoms with Crippen molar-refractivity contribution in [2.75, 3.05) is 6.54 Å². The molecule has 0 spiro atoms. The Kier molecular flexibility index (Phi) is 4.49. The molecule has 0 unspecified atom stereocenters. The van der Waals surface area contributed by atoms with E-state index in [0.717, 1.165) is 16.5 Å². The highest BCUT2D eigenvalue weighted by Crippen LogP contribution is 2.10. The van der Waals surface area contributed by atoms with Crippen LogP contribution in [0.15, 0.2) is 28.7 Å². The topological polar surface area (TPSA) is 46.2 Å². The second-order valence-electron chi connectivity index (χ2n) is 3.19. The fraction of sp³-hybridized carbons (Fsp3) is 0.273. The lowest BCUT2D eigenvalue weighted by atomic mass is 10.1. The second kappa shape index (κ2) is 5.66. The van der Waals surface area contributed by atoms with Gasteiger partial charge in [-0.2, -0.15) is 0 Å². The average molecular weight is 270 g/mol. The van der Waals surface area contributed by atoms with Crippen LogP contribution in [0.1, 0.15) is 12.5 Å². The van der Waals surface area contributed by atoms with Crippen LogP contribution in [0, 0.1) is 0 Å². The fourth-order valence-electron chi connectivity index (χ4n) is 1.10. The number of rotatable bonds is 4. The molecule has 0 fully saturated rings. The average Bonchev–Trinajstić information content (AvgIpc) is 2.20. The zero-order chi connectivity index (χ0) is 11.3. The van der Waals surface area contributed by atoms with Crippen LogP contribution in [0.2, 0.25) is 0 Å². The molecule has 0 saturated carbocycles. The predicted octanol–water partition coefficient (Wildman–Crippen LogP) is 1.70. The third-order valence-electron chi connectivity index (χ3n) is 1.93. The van der Waals surface area contributed by atoms with Crippen LogP contribution < -0.4 is 5.32 Å². The molecule has 0 bridgehead atoms. The van der Waals surface area contributed by atoms with Gasteiger partial charge in [-0.05, 0) is 24.1 Å². The molecule has 1 aromatic carbocycles. The molecule has 80 valence electrons. The summed E-state index contributed by atoms with van der Waals surface area (Å²) in [5.74, 6) is -0.974. The highest BCUT2D eigenvalue weighted by molar-refractivity contribution is 9.10. The Labute approximate surface area is 97.0 Å². The van der Waals surface area contributed by atoms with Gasteiger partial charge in [0.25, 0.3) is 5.91 Å². The first-order valence-corrected chi connectivity index (χ1v) is 5.42. The van der Waals surface area contributed by atoms with Crippen LogP contribution in [0.3, 0.4) is 0 Å². The van der Waals surface area contributed by atoms with E-state index in [9.17, 15) is 9.59 Å². The van der Waals surface area contributed by atoms with Crippen molar-refractivity contribution in [1.29, 1.82) is 0 Å². The highest BCUT2D eigenvalue weighted by Gasteiger charge is 2.05. The van der Waals surface area contributed by atoms with Gasteiger partial charge in [0, 0.05) is 17.9 Å². The molecule has 1 aromatic rings. The Morgan fingerprint density at radius 2 is 1.87 bits per heavy atom. The Morgan fingerprint density at radius 1 is 1.27 bits per heavy atom. The van der Waals surface area contributed by atoms with Crippen LogP contribution >= 0.6 is 15.9 Å². The Morgan fingerprint density at radius 3 is 2.40 bits per heavy atom. The molecule has 0 radical (unpaired) electrons. The largest absolute Gasteiger partial charge is 0.349 e. The molecule has 0 saturated heterocycles. The summed E-state index contributed by atoms with van der Waals surface area (Å²) in [5, 5.41) is 2.54. The molecule has 3 nitrogen and oxygen atoms in total. The fourth-order valence-corrected chi connectivity index (χ4v) is 1.36. The van der Waals surface area contributed by atoms with Gasteiger partial charge in [0.2, 0.25) is 5.78 Å². The molecule has 0 aliphatic rings. The van der Waals surface area contributed by atoms with Crippen LogP contribution in [-0.4, -0.2) is 18.2 Å². The van der Waals surface area contributed by atoms with Crippen molar-refractivity contribution in [2.45, 2.75) is 13.3 Å². The standard InChI is InChI=1S/C11H12BrNO2/c1-8(14)11(15)13-7-6-9-2-4-10(12)5-3-9/h2-5H,6-7H2,1H3,(H,13,15). The molecule has 0 aliphatic carbocycles. The number of nitrogens with one attached hydrogen (secondary N) is 1. The van der Waals surface area contributed by atoms with Gasteiger partial charge in [-0.3, -0.25) is 9.59 Å². The summed E-state index contributed by atoms with van der Waals surface area (Å²) < 4.78 is 1.03. The summed E-state index contributed by atoms with van der Waals surface area (Å²) in [4.78, 5) is 21.5. The number of benzene rings is 1. The normalized spacial score (nSPS) is 9.73. The van der Waals surface area contributed by atoms with Crippen molar-refractivity contribution >= 4 is 27.6 Å². The molecule has 1 rings (SSSR count). The Bertz CT molecular complexity index is 359. The summed E-state index contributed by atoms with van der Waals surface area (Å²) in [7, 11) is 0. The van der Waals surface area contributed by atoms with E-state index < -0.39 is 11.7 Å². The molecule has 0 aliphatic heterocycles. The van der Waals surface area contributed by atoms with Crippen LogP contribution in [-0.2, 0) is 16.0 Å². The van der Waals surface area contributed by atoms with Crippen molar-refractivity contribution in [3.8, 4) is 0 Å². The summed E-state index contributed by atoms with van der Waals surface area (Å²) >= 11 is 3.34. The lowest BCUT2D eigenvalue weighted by molar-refractivity contribution is -0.136. The molecule has 15 heavy (non-hydrogen) atoms. The minimum absolute atomic E-state index is 0.453. The second-order valence-corrected chi connectivity index (χ2v) is 4.10. The molecule has 0 aromatic heterocycles. The van der Waals surface area contributed by atoms with E-state index in [4.69, 9.17) is 0 Å². The van der Waals surface area contributed by atoms with Crippen LogP contribution in [0.4, 0.5) is 0 Å². The molecule has 1 amide bonds. The zero-order valence-electron chi connectivity index (χ0n) is 8.42. The van der Waals surface area contributed by atoms with Crippen molar-refractivity contribution in [2.24, 2.45) is 0 Å². The predicted molar refractivity (Wildman–Crippen MR) is 61.5 cm³/mol. The van der Waals surface area contributed by atoms with Gasteiger partial charge >= 0.3 is 0 Å². The van der Waals surface area contributed by atoms with Gasteiger partial charge in [-0.25, -0.2) is 0 Å². The summed E-state index contributed by atoms with van der Waals surface area (Å²) in [6, 6.07) is 7.85. The zero-order valence-corrected chi connectivity index (χ0v) is 10.0. The van der Waals surface area contributed by atoms with E-state index in [0.29, 0.717) is 6.54 Å². The van der Waals surface area contributed by atoms with Crippen molar-refractivity contribution in [3.63, 3.8) is 0 Å². The maximum absolute atomic E-state index is 10.9. The summed E-state index contributed by atoms with van der Waals surface area (Å²) in [6.07, 6.45) is 0.728. The quantitative estimate of drug-likeness (QED) is 0.846. The number of Topliss-reactive ketones (excluding diaryl/α,β-unsaturated/α-hetero) is 1. The van der Waals surface area contributed by atoms with E-state index in [1.54, 1.807) is 0 Å². The van der Waals surface area contributed by atoms with E-state index in [1.807, 2.05) is 24.3 Å². The van der Waals surface area contributed by atoms with Gasteiger partial charge in [0.15, 0.2) is 0 Å². The van der Waals surface area contributed by atoms with Crippen LogP contribution in [0.25, 0.3) is 0 Å². The highest BCUT2D eigenvalue weighted by atomic mass is 79.9.